The second-order valence-corrected chi connectivity index (χ2v) is 5.12. The number of nitro groups is 1. The summed E-state index contributed by atoms with van der Waals surface area (Å²) in [4.78, 5) is 12.6. The van der Waals surface area contributed by atoms with Crippen LogP contribution < -0.4 is 9.64 Å². The van der Waals surface area contributed by atoms with Crippen LogP contribution in [0.2, 0.25) is 0 Å². The first-order chi connectivity index (χ1) is 10.5. The molecule has 0 radical (unpaired) electrons. The number of ether oxygens (including phenoxy) is 1. The minimum absolute atomic E-state index is 0.0534. The molecule has 3 rings (SSSR count). The quantitative estimate of drug-likeness (QED) is 0.628. The fraction of sp³-hybridized carbons (Fsp3) is 0.357. The van der Waals surface area contributed by atoms with Crippen LogP contribution in [0.3, 0.4) is 0 Å². The molecule has 1 aromatic heterocycles. The van der Waals surface area contributed by atoms with Crippen molar-refractivity contribution in [2.75, 3.05) is 18.1 Å². The molecule has 0 fully saturated rings. The summed E-state index contributed by atoms with van der Waals surface area (Å²) in [6.45, 7) is 2.51. The molecule has 116 valence electrons. The Morgan fingerprint density at radius 1 is 1.45 bits per heavy atom. The van der Waals surface area contributed by atoms with Crippen LogP contribution in [-0.2, 0) is 13.6 Å². The van der Waals surface area contributed by atoms with E-state index in [1.807, 2.05) is 0 Å². The fourth-order valence-electron chi connectivity index (χ4n) is 2.75. The van der Waals surface area contributed by atoms with Gasteiger partial charge in [-0.05, 0) is 19.1 Å². The number of benzene rings is 1. The predicted octanol–water partition coefficient (Wildman–Crippen LogP) is 2.17. The van der Waals surface area contributed by atoms with Crippen LogP contribution in [0.15, 0.2) is 18.2 Å². The number of hydrogen-bond donors (Lipinski definition) is 0. The first kappa shape index (κ1) is 14.3. The van der Waals surface area contributed by atoms with Crippen LogP contribution >= 0.6 is 0 Å². The lowest BCUT2D eigenvalue weighted by Gasteiger charge is -2.21. The number of halogens is 1. The molecule has 0 aliphatic carbocycles. The minimum atomic E-state index is -0.453. The molecule has 0 amide bonds. The van der Waals surface area contributed by atoms with Crippen LogP contribution in [0.1, 0.15) is 11.3 Å². The SMILES string of the molecule is Cc1nn(C)c(N2CCOc3cccc(F)c3C2)c1[N+](=O)[O-]. The fourth-order valence-corrected chi connectivity index (χ4v) is 2.75. The Morgan fingerprint density at radius 2 is 2.23 bits per heavy atom. The van der Waals surface area contributed by atoms with E-state index in [2.05, 4.69) is 5.10 Å². The van der Waals surface area contributed by atoms with Crippen LogP contribution in [0.25, 0.3) is 0 Å². The van der Waals surface area contributed by atoms with E-state index in [-0.39, 0.29) is 18.0 Å². The average molecular weight is 306 g/mol. The molecule has 0 spiro atoms. The maximum Gasteiger partial charge on any atom is 0.333 e. The van der Waals surface area contributed by atoms with Gasteiger partial charge >= 0.3 is 5.69 Å². The largest absolute Gasteiger partial charge is 0.491 e. The second kappa shape index (κ2) is 5.28. The van der Waals surface area contributed by atoms with Gasteiger partial charge in [0.25, 0.3) is 0 Å². The molecule has 7 nitrogen and oxygen atoms in total. The van der Waals surface area contributed by atoms with Crippen LogP contribution in [0.4, 0.5) is 15.9 Å². The van der Waals surface area contributed by atoms with Crippen molar-refractivity contribution in [1.29, 1.82) is 0 Å². The Hall–Kier alpha value is -2.64. The monoisotopic (exact) mass is 306 g/mol. The van der Waals surface area contributed by atoms with Crippen LogP contribution in [0, 0.1) is 22.9 Å². The number of aryl methyl sites for hydroxylation is 2. The van der Waals surface area contributed by atoms with Crippen molar-refractivity contribution >= 4 is 11.5 Å². The average Bonchev–Trinajstić information content (AvgIpc) is 2.63. The number of aromatic nitrogens is 2. The Bertz CT molecular complexity index is 744. The van der Waals surface area contributed by atoms with Gasteiger partial charge in [-0.2, -0.15) is 5.10 Å². The van der Waals surface area contributed by atoms with E-state index in [9.17, 15) is 14.5 Å². The van der Waals surface area contributed by atoms with Gasteiger partial charge in [0.05, 0.1) is 18.0 Å². The van der Waals surface area contributed by atoms with Crippen molar-refractivity contribution in [3.8, 4) is 5.75 Å². The summed E-state index contributed by atoms with van der Waals surface area (Å²) in [5.74, 6) is 0.456. The Morgan fingerprint density at radius 3 is 2.95 bits per heavy atom. The zero-order valence-electron chi connectivity index (χ0n) is 12.2. The Balaban J connectivity index is 2.07. The molecule has 2 heterocycles. The lowest BCUT2D eigenvalue weighted by molar-refractivity contribution is -0.384. The highest BCUT2D eigenvalue weighted by molar-refractivity contribution is 5.62. The molecule has 0 saturated heterocycles. The summed E-state index contributed by atoms with van der Waals surface area (Å²) >= 11 is 0. The van der Waals surface area contributed by atoms with Crippen molar-refractivity contribution in [1.82, 2.24) is 9.78 Å². The zero-order valence-corrected chi connectivity index (χ0v) is 12.2. The number of anilines is 1. The smallest absolute Gasteiger partial charge is 0.333 e. The van der Waals surface area contributed by atoms with Crippen molar-refractivity contribution < 1.29 is 14.1 Å². The molecular weight excluding hydrogens is 291 g/mol. The van der Waals surface area contributed by atoms with E-state index in [1.54, 1.807) is 31.0 Å². The summed E-state index contributed by atoms with van der Waals surface area (Å²) in [5.41, 5.74) is 0.678. The standard InChI is InChI=1S/C14H15FN4O3/c1-9-13(19(20)21)14(17(2)16-9)18-6-7-22-12-5-3-4-11(15)10(12)8-18/h3-5H,6-8H2,1-2H3. The number of fused-ring (bicyclic) bond motifs is 1. The highest BCUT2D eigenvalue weighted by Gasteiger charge is 2.30. The predicted molar refractivity (Wildman–Crippen MR) is 77.5 cm³/mol. The molecule has 0 bridgehead atoms. The van der Waals surface area contributed by atoms with Gasteiger partial charge in [0, 0.05) is 12.6 Å². The van der Waals surface area contributed by atoms with E-state index in [0.29, 0.717) is 36.0 Å². The minimum Gasteiger partial charge on any atom is -0.491 e. The van der Waals surface area contributed by atoms with Gasteiger partial charge in [-0.25, -0.2) is 9.07 Å². The summed E-state index contributed by atoms with van der Waals surface area (Å²) < 4.78 is 21.0. The molecule has 22 heavy (non-hydrogen) atoms. The van der Waals surface area contributed by atoms with E-state index in [4.69, 9.17) is 4.74 Å². The Kier molecular flexibility index (Phi) is 3.44. The van der Waals surface area contributed by atoms with Crippen LogP contribution in [0.5, 0.6) is 5.75 Å². The van der Waals surface area contributed by atoms with E-state index >= 15 is 0 Å². The lowest BCUT2D eigenvalue weighted by Crippen LogP contribution is -2.28. The molecule has 1 aromatic carbocycles. The summed E-state index contributed by atoms with van der Waals surface area (Å²) in [5, 5.41) is 15.4. The maximum absolute atomic E-state index is 14.0. The van der Waals surface area contributed by atoms with Crippen molar-refractivity contribution in [3.05, 3.63) is 45.4 Å². The number of hydrogen-bond acceptors (Lipinski definition) is 5. The normalized spacial score (nSPS) is 14.2. The Labute approximate surface area is 126 Å². The molecular formula is C14H15FN4O3. The summed E-state index contributed by atoms with van der Waals surface area (Å²) in [6, 6.07) is 4.64. The van der Waals surface area contributed by atoms with Crippen molar-refractivity contribution in [2.45, 2.75) is 13.5 Å². The first-order valence-corrected chi connectivity index (χ1v) is 6.82. The van der Waals surface area contributed by atoms with Crippen molar-refractivity contribution in [2.24, 2.45) is 7.05 Å². The zero-order chi connectivity index (χ0) is 15.9. The van der Waals surface area contributed by atoms with Gasteiger partial charge in [0.2, 0.25) is 5.82 Å². The molecule has 0 unspecified atom stereocenters. The molecule has 0 atom stereocenters. The molecule has 1 aliphatic rings. The molecule has 0 N–H and O–H groups in total. The first-order valence-electron chi connectivity index (χ1n) is 6.82. The molecule has 1 aliphatic heterocycles. The highest BCUT2D eigenvalue weighted by Crippen LogP contribution is 2.34. The number of rotatable bonds is 2. The van der Waals surface area contributed by atoms with Gasteiger partial charge in [0.1, 0.15) is 23.9 Å². The van der Waals surface area contributed by atoms with E-state index in [1.165, 1.54) is 10.7 Å². The van der Waals surface area contributed by atoms with Crippen molar-refractivity contribution in [3.63, 3.8) is 0 Å². The van der Waals surface area contributed by atoms with Gasteiger partial charge in [-0.1, -0.05) is 6.07 Å². The summed E-state index contributed by atoms with van der Waals surface area (Å²) in [7, 11) is 1.64. The molecule has 8 heteroatoms. The molecule has 2 aromatic rings. The third-order valence-corrected chi connectivity index (χ3v) is 3.69. The van der Waals surface area contributed by atoms with Gasteiger partial charge in [-0.15, -0.1) is 0 Å². The molecule has 0 saturated carbocycles. The van der Waals surface area contributed by atoms with Gasteiger partial charge < -0.3 is 9.64 Å². The third-order valence-electron chi connectivity index (χ3n) is 3.69. The maximum atomic E-state index is 14.0. The number of nitrogens with zero attached hydrogens (tertiary/aromatic N) is 4. The third kappa shape index (κ3) is 2.26. The summed E-state index contributed by atoms with van der Waals surface area (Å²) in [6.07, 6.45) is 0. The van der Waals surface area contributed by atoms with Gasteiger partial charge in [0.15, 0.2) is 0 Å². The highest BCUT2D eigenvalue weighted by atomic mass is 19.1. The second-order valence-electron chi connectivity index (χ2n) is 5.12. The van der Waals surface area contributed by atoms with Crippen LogP contribution in [-0.4, -0.2) is 27.9 Å². The van der Waals surface area contributed by atoms with E-state index < -0.39 is 4.92 Å². The topological polar surface area (TPSA) is 73.4 Å². The lowest BCUT2D eigenvalue weighted by atomic mass is 10.1. The van der Waals surface area contributed by atoms with Gasteiger partial charge in [-0.3, -0.25) is 10.1 Å². The van der Waals surface area contributed by atoms with E-state index in [0.717, 1.165) is 0 Å².